The van der Waals surface area contributed by atoms with Gasteiger partial charge in [0.1, 0.15) is 6.04 Å². The first kappa shape index (κ1) is 9.35. The number of carbonyl (C=O) groups is 1. The van der Waals surface area contributed by atoms with Gasteiger partial charge in [0, 0.05) is 0 Å². The summed E-state index contributed by atoms with van der Waals surface area (Å²) in [6.07, 6.45) is 1.95. The summed E-state index contributed by atoms with van der Waals surface area (Å²) in [5, 5.41) is 12.4. The van der Waals surface area contributed by atoms with Crippen LogP contribution in [0.5, 0.6) is 0 Å². The summed E-state index contributed by atoms with van der Waals surface area (Å²) < 4.78 is 0. The van der Waals surface area contributed by atoms with E-state index in [0.717, 1.165) is 5.57 Å². The van der Waals surface area contributed by atoms with Crippen molar-refractivity contribution < 1.29 is 9.90 Å². The molecule has 0 aromatic heterocycles. The van der Waals surface area contributed by atoms with Crippen LogP contribution in [0.4, 0.5) is 0 Å². The summed E-state index contributed by atoms with van der Waals surface area (Å²) in [7, 11) is 0. The molecule has 0 radical (unpaired) electrons. The van der Waals surface area contributed by atoms with Crippen LogP contribution in [0, 0.1) is 5.92 Å². The van der Waals surface area contributed by atoms with E-state index in [9.17, 15) is 4.79 Å². The number of hydrogen-bond donors (Lipinski definition) is 2. The van der Waals surface area contributed by atoms with Gasteiger partial charge in [0.15, 0.2) is 0 Å². The molecule has 0 saturated heterocycles. The molecule has 0 bridgehead atoms. The molecule has 1 rings (SSSR count). The number of hydrogen-bond acceptors (Lipinski definition) is 3. The van der Waals surface area contributed by atoms with Crippen LogP contribution in [0.15, 0.2) is 22.5 Å². The zero-order chi connectivity index (χ0) is 9.14. The molecule has 0 saturated carbocycles. The van der Waals surface area contributed by atoms with Crippen molar-refractivity contribution in [1.82, 2.24) is 0 Å². The summed E-state index contributed by atoms with van der Waals surface area (Å²) >= 11 is 1.47. The molecule has 0 aliphatic carbocycles. The SMILES string of the molecule is CC1C=CSC=C1C(N)C(=O)O. The summed E-state index contributed by atoms with van der Waals surface area (Å²) in [5.74, 6) is -0.832. The van der Waals surface area contributed by atoms with E-state index in [1.54, 1.807) is 0 Å². The van der Waals surface area contributed by atoms with Gasteiger partial charge in [-0.2, -0.15) is 0 Å². The van der Waals surface area contributed by atoms with E-state index >= 15 is 0 Å². The molecular weight excluding hydrogens is 174 g/mol. The number of carboxylic acid groups (broad SMARTS) is 1. The van der Waals surface area contributed by atoms with Gasteiger partial charge < -0.3 is 10.8 Å². The predicted octanol–water partition coefficient (Wildman–Crippen LogP) is 1.18. The highest BCUT2D eigenvalue weighted by Crippen LogP contribution is 2.25. The lowest BCUT2D eigenvalue weighted by molar-refractivity contribution is -0.137. The number of thioether (sulfide) groups is 1. The maximum Gasteiger partial charge on any atom is 0.324 e. The minimum Gasteiger partial charge on any atom is -0.480 e. The highest BCUT2D eigenvalue weighted by molar-refractivity contribution is 8.05. The third-order valence-electron chi connectivity index (χ3n) is 1.80. The van der Waals surface area contributed by atoms with Gasteiger partial charge in [0.2, 0.25) is 0 Å². The van der Waals surface area contributed by atoms with Gasteiger partial charge in [-0.05, 0) is 22.3 Å². The molecule has 12 heavy (non-hydrogen) atoms. The minimum absolute atomic E-state index is 0.136. The number of aliphatic carboxylic acids is 1. The fraction of sp³-hybridized carbons (Fsp3) is 0.375. The molecule has 1 aliphatic heterocycles. The normalized spacial score (nSPS) is 24.8. The van der Waals surface area contributed by atoms with E-state index in [-0.39, 0.29) is 5.92 Å². The van der Waals surface area contributed by atoms with Crippen LogP contribution < -0.4 is 5.73 Å². The Morgan fingerprint density at radius 3 is 3.00 bits per heavy atom. The average molecular weight is 185 g/mol. The molecule has 0 aromatic carbocycles. The van der Waals surface area contributed by atoms with E-state index in [2.05, 4.69) is 0 Å². The van der Waals surface area contributed by atoms with Crippen LogP contribution in [-0.2, 0) is 4.79 Å². The minimum atomic E-state index is -0.969. The van der Waals surface area contributed by atoms with Crippen LogP contribution in [0.3, 0.4) is 0 Å². The Morgan fingerprint density at radius 2 is 2.50 bits per heavy atom. The van der Waals surface area contributed by atoms with Crippen LogP contribution in [0.1, 0.15) is 6.92 Å². The monoisotopic (exact) mass is 185 g/mol. The zero-order valence-corrected chi connectivity index (χ0v) is 7.54. The third-order valence-corrected chi connectivity index (χ3v) is 2.52. The second kappa shape index (κ2) is 3.78. The Labute approximate surface area is 75.3 Å². The maximum absolute atomic E-state index is 10.5. The molecule has 2 atom stereocenters. The second-order valence-corrected chi connectivity index (χ2v) is 3.47. The second-order valence-electron chi connectivity index (χ2n) is 2.69. The van der Waals surface area contributed by atoms with Crippen LogP contribution >= 0.6 is 11.8 Å². The van der Waals surface area contributed by atoms with Crippen molar-refractivity contribution in [2.45, 2.75) is 13.0 Å². The molecule has 3 nitrogen and oxygen atoms in total. The van der Waals surface area contributed by atoms with E-state index < -0.39 is 12.0 Å². The maximum atomic E-state index is 10.5. The van der Waals surface area contributed by atoms with Gasteiger partial charge in [0.05, 0.1) is 0 Å². The standard InChI is InChI=1S/C8H11NO2S/c1-5-2-3-12-4-6(5)7(9)8(10)11/h2-5,7H,9H2,1H3,(H,10,11). The van der Waals surface area contributed by atoms with Crippen molar-refractivity contribution in [1.29, 1.82) is 0 Å². The highest BCUT2D eigenvalue weighted by Gasteiger charge is 2.21. The largest absolute Gasteiger partial charge is 0.480 e. The lowest BCUT2D eigenvalue weighted by Crippen LogP contribution is -2.34. The molecule has 3 N–H and O–H groups in total. The Hall–Kier alpha value is -0.740. The molecule has 0 amide bonds. The van der Waals surface area contributed by atoms with Crippen molar-refractivity contribution in [3.8, 4) is 0 Å². The summed E-state index contributed by atoms with van der Waals surface area (Å²) in [4.78, 5) is 10.5. The van der Waals surface area contributed by atoms with Gasteiger partial charge in [-0.1, -0.05) is 13.0 Å². The van der Waals surface area contributed by atoms with Crippen molar-refractivity contribution >= 4 is 17.7 Å². The number of carboxylic acids is 1. The van der Waals surface area contributed by atoms with Crippen molar-refractivity contribution in [3.05, 3.63) is 22.5 Å². The summed E-state index contributed by atoms with van der Waals surface area (Å²) in [5.41, 5.74) is 6.24. The Bertz CT molecular complexity index is 247. The van der Waals surface area contributed by atoms with Gasteiger partial charge in [-0.3, -0.25) is 4.79 Å². The fourth-order valence-electron chi connectivity index (χ4n) is 0.999. The molecule has 1 aliphatic rings. The molecule has 2 unspecified atom stereocenters. The van der Waals surface area contributed by atoms with E-state index in [1.807, 2.05) is 23.8 Å². The van der Waals surface area contributed by atoms with Gasteiger partial charge in [0.25, 0.3) is 0 Å². The van der Waals surface area contributed by atoms with Gasteiger partial charge in [-0.15, -0.1) is 11.8 Å². The zero-order valence-electron chi connectivity index (χ0n) is 6.73. The molecule has 0 spiro atoms. The molecule has 66 valence electrons. The fourth-order valence-corrected chi connectivity index (χ4v) is 1.92. The Kier molecular flexibility index (Phi) is 2.94. The molecular formula is C8H11NO2S. The van der Waals surface area contributed by atoms with Crippen LogP contribution in [0.2, 0.25) is 0 Å². The number of allylic oxidation sites excluding steroid dienone is 1. The van der Waals surface area contributed by atoms with Crippen molar-refractivity contribution in [2.75, 3.05) is 0 Å². The predicted molar refractivity (Wildman–Crippen MR) is 49.6 cm³/mol. The quantitative estimate of drug-likeness (QED) is 0.678. The van der Waals surface area contributed by atoms with Gasteiger partial charge >= 0.3 is 5.97 Å². The molecule has 0 fully saturated rings. The van der Waals surface area contributed by atoms with E-state index in [4.69, 9.17) is 10.8 Å². The first-order valence-corrected chi connectivity index (χ1v) is 4.57. The van der Waals surface area contributed by atoms with Crippen molar-refractivity contribution in [2.24, 2.45) is 11.7 Å². The lowest BCUT2D eigenvalue weighted by atomic mass is 9.96. The van der Waals surface area contributed by atoms with E-state index in [0.29, 0.717) is 0 Å². The molecule has 0 aromatic rings. The van der Waals surface area contributed by atoms with Crippen LogP contribution in [0.25, 0.3) is 0 Å². The summed E-state index contributed by atoms with van der Waals surface area (Å²) in [6, 6.07) is -0.863. The molecule has 4 heteroatoms. The highest BCUT2D eigenvalue weighted by atomic mass is 32.2. The average Bonchev–Trinajstić information content (AvgIpc) is 2.04. The summed E-state index contributed by atoms with van der Waals surface area (Å²) in [6.45, 7) is 1.94. The third kappa shape index (κ3) is 1.89. The van der Waals surface area contributed by atoms with Crippen LogP contribution in [-0.4, -0.2) is 17.1 Å². The van der Waals surface area contributed by atoms with E-state index in [1.165, 1.54) is 11.8 Å². The Morgan fingerprint density at radius 1 is 1.83 bits per heavy atom. The first-order valence-electron chi connectivity index (χ1n) is 3.63. The van der Waals surface area contributed by atoms with Gasteiger partial charge in [-0.25, -0.2) is 0 Å². The molecule has 1 heterocycles. The lowest BCUT2D eigenvalue weighted by Gasteiger charge is -2.18. The first-order chi connectivity index (χ1) is 5.63. The topological polar surface area (TPSA) is 63.3 Å². The smallest absolute Gasteiger partial charge is 0.324 e. The number of nitrogens with two attached hydrogens (primary N) is 1. The Balaban J connectivity index is 2.74. The van der Waals surface area contributed by atoms with Crippen molar-refractivity contribution in [3.63, 3.8) is 0 Å². The number of rotatable bonds is 2.